The first-order chi connectivity index (χ1) is 8.81. The molecule has 0 aliphatic carbocycles. The van der Waals surface area contributed by atoms with E-state index >= 15 is 0 Å². The number of nitrogens with one attached hydrogen (secondary N) is 1. The van der Waals surface area contributed by atoms with Crippen molar-refractivity contribution in [2.75, 3.05) is 26.8 Å². The normalized spacial score (nSPS) is 12.6. The Morgan fingerprint density at radius 3 is 2.89 bits per heavy atom. The van der Waals surface area contributed by atoms with E-state index in [4.69, 9.17) is 15.6 Å². The van der Waals surface area contributed by atoms with Crippen LogP contribution in [0, 0.1) is 0 Å². The van der Waals surface area contributed by atoms with E-state index in [1.165, 1.54) is 5.56 Å². The molecule has 1 aromatic carbocycles. The average molecular weight is 252 g/mol. The van der Waals surface area contributed by atoms with Crippen LogP contribution in [0.2, 0.25) is 0 Å². The van der Waals surface area contributed by atoms with Gasteiger partial charge in [0.25, 0.3) is 0 Å². The molecule has 0 saturated carbocycles. The molecule has 1 unspecified atom stereocenters. The molecular weight excluding hydrogens is 228 g/mol. The van der Waals surface area contributed by atoms with E-state index in [1.807, 2.05) is 12.1 Å². The van der Waals surface area contributed by atoms with Crippen LogP contribution in [0.4, 0.5) is 0 Å². The second kappa shape index (κ2) is 9.05. The first-order valence-corrected chi connectivity index (χ1v) is 6.44. The molecule has 0 heterocycles. The van der Waals surface area contributed by atoms with Gasteiger partial charge in [0, 0.05) is 26.3 Å². The van der Waals surface area contributed by atoms with E-state index < -0.39 is 0 Å². The van der Waals surface area contributed by atoms with Crippen molar-refractivity contribution in [1.29, 1.82) is 0 Å². The first-order valence-electron chi connectivity index (χ1n) is 6.44. The minimum Gasteiger partial charge on any atom is -0.396 e. The number of hydrogen-bond acceptors (Lipinski definition) is 4. The molecular formula is C14H24N2O2. The van der Waals surface area contributed by atoms with Gasteiger partial charge in [0.15, 0.2) is 0 Å². The Kier molecular flexibility index (Phi) is 7.60. The van der Waals surface area contributed by atoms with Crippen molar-refractivity contribution in [3.63, 3.8) is 0 Å². The van der Waals surface area contributed by atoms with Crippen LogP contribution >= 0.6 is 0 Å². The quantitative estimate of drug-likeness (QED) is 0.578. The third kappa shape index (κ3) is 5.14. The van der Waals surface area contributed by atoms with Crippen molar-refractivity contribution in [2.24, 2.45) is 5.73 Å². The second-order valence-electron chi connectivity index (χ2n) is 4.35. The van der Waals surface area contributed by atoms with Crippen LogP contribution in [0.1, 0.15) is 30.0 Å². The van der Waals surface area contributed by atoms with Gasteiger partial charge >= 0.3 is 0 Å². The fourth-order valence-corrected chi connectivity index (χ4v) is 1.92. The van der Waals surface area contributed by atoms with Gasteiger partial charge in [-0.15, -0.1) is 0 Å². The van der Waals surface area contributed by atoms with Crippen molar-refractivity contribution in [2.45, 2.75) is 25.5 Å². The average Bonchev–Trinajstić information content (AvgIpc) is 2.40. The van der Waals surface area contributed by atoms with Crippen molar-refractivity contribution >= 4 is 0 Å². The highest BCUT2D eigenvalue weighted by molar-refractivity contribution is 5.26. The van der Waals surface area contributed by atoms with E-state index in [9.17, 15) is 0 Å². The molecule has 0 fully saturated rings. The van der Waals surface area contributed by atoms with Crippen molar-refractivity contribution in [1.82, 2.24) is 5.32 Å². The minimum absolute atomic E-state index is 0.167. The molecule has 0 bridgehead atoms. The van der Waals surface area contributed by atoms with Crippen LogP contribution in [-0.4, -0.2) is 31.9 Å². The zero-order valence-corrected chi connectivity index (χ0v) is 11.1. The Morgan fingerprint density at radius 2 is 2.22 bits per heavy atom. The standard InChI is InChI=1S/C14H24N2O2/c1-18-11-12-5-4-6-13(9-12)14(10-15)16-7-2-3-8-17/h4-6,9,14,16-17H,2-3,7-8,10-11,15H2,1H3. The summed E-state index contributed by atoms with van der Waals surface area (Å²) in [6.45, 7) is 2.31. The van der Waals surface area contributed by atoms with Crippen molar-refractivity contribution in [3.8, 4) is 0 Å². The molecule has 102 valence electrons. The molecule has 0 amide bonds. The van der Waals surface area contributed by atoms with Gasteiger partial charge in [0.05, 0.1) is 6.61 Å². The maximum absolute atomic E-state index is 8.73. The van der Waals surface area contributed by atoms with Gasteiger partial charge in [0.2, 0.25) is 0 Å². The number of aliphatic hydroxyl groups is 1. The van der Waals surface area contributed by atoms with Crippen LogP contribution in [-0.2, 0) is 11.3 Å². The summed E-state index contributed by atoms with van der Waals surface area (Å²) in [7, 11) is 1.69. The zero-order valence-electron chi connectivity index (χ0n) is 11.1. The lowest BCUT2D eigenvalue weighted by atomic mass is 10.0. The number of hydrogen-bond donors (Lipinski definition) is 3. The molecule has 0 aromatic heterocycles. The smallest absolute Gasteiger partial charge is 0.0713 e. The Hall–Kier alpha value is -0.940. The second-order valence-corrected chi connectivity index (χ2v) is 4.35. The first kappa shape index (κ1) is 15.1. The number of methoxy groups -OCH3 is 1. The third-order valence-electron chi connectivity index (χ3n) is 2.88. The molecule has 1 atom stereocenters. The minimum atomic E-state index is 0.167. The molecule has 4 nitrogen and oxygen atoms in total. The number of ether oxygens (including phenoxy) is 1. The van der Waals surface area contributed by atoms with Crippen LogP contribution in [0.5, 0.6) is 0 Å². The topological polar surface area (TPSA) is 67.5 Å². The highest BCUT2D eigenvalue weighted by Crippen LogP contribution is 2.14. The predicted molar refractivity (Wildman–Crippen MR) is 73.3 cm³/mol. The lowest BCUT2D eigenvalue weighted by Gasteiger charge is -2.18. The van der Waals surface area contributed by atoms with Crippen LogP contribution in [0.25, 0.3) is 0 Å². The summed E-state index contributed by atoms with van der Waals surface area (Å²) in [6.07, 6.45) is 1.79. The maximum Gasteiger partial charge on any atom is 0.0713 e. The Morgan fingerprint density at radius 1 is 1.39 bits per heavy atom. The molecule has 4 N–H and O–H groups in total. The highest BCUT2D eigenvalue weighted by atomic mass is 16.5. The van der Waals surface area contributed by atoms with Gasteiger partial charge in [-0.25, -0.2) is 0 Å². The van der Waals surface area contributed by atoms with E-state index in [2.05, 4.69) is 17.4 Å². The SMILES string of the molecule is COCc1cccc(C(CN)NCCCCO)c1. The molecule has 0 aliphatic rings. The summed E-state index contributed by atoms with van der Waals surface area (Å²) in [5, 5.41) is 12.1. The molecule has 18 heavy (non-hydrogen) atoms. The summed E-state index contributed by atoms with van der Waals surface area (Å²) >= 11 is 0. The number of rotatable bonds is 9. The van der Waals surface area contributed by atoms with Gasteiger partial charge in [-0.3, -0.25) is 0 Å². The Balaban J connectivity index is 2.54. The summed E-state index contributed by atoms with van der Waals surface area (Å²) in [6, 6.07) is 8.45. The van der Waals surface area contributed by atoms with Crippen LogP contribution in [0.15, 0.2) is 24.3 Å². The van der Waals surface area contributed by atoms with E-state index in [1.54, 1.807) is 7.11 Å². The zero-order chi connectivity index (χ0) is 13.2. The molecule has 1 rings (SSSR count). The van der Waals surface area contributed by atoms with Crippen molar-refractivity contribution < 1.29 is 9.84 Å². The lowest BCUT2D eigenvalue weighted by molar-refractivity contribution is 0.185. The fraction of sp³-hybridized carbons (Fsp3) is 0.571. The number of unbranched alkanes of at least 4 members (excludes halogenated alkanes) is 1. The van der Waals surface area contributed by atoms with Gasteiger partial charge in [0.1, 0.15) is 0 Å². The summed E-state index contributed by atoms with van der Waals surface area (Å²) in [5.74, 6) is 0. The molecule has 0 saturated heterocycles. The molecule has 4 heteroatoms. The fourth-order valence-electron chi connectivity index (χ4n) is 1.92. The van der Waals surface area contributed by atoms with E-state index in [-0.39, 0.29) is 12.6 Å². The number of benzene rings is 1. The highest BCUT2D eigenvalue weighted by Gasteiger charge is 2.08. The van der Waals surface area contributed by atoms with Gasteiger partial charge in [-0.2, -0.15) is 0 Å². The third-order valence-corrected chi connectivity index (χ3v) is 2.88. The van der Waals surface area contributed by atoms with Gasteiger partial charge in [-0.05, 0) is 30.5 Å². The number of aliphatic hydroxyl groups excluding tert-OH is 1. The largest absolute Gasteiger partial charge is 0.396 e. The number of nitrogens with two attached hydrogens (primary N) is 1. The Bertz CT molecular complexity index is 331. The van der Waals surface area contributed by atoms with Crippen LogP contribution < -0.4 is 11.1 Å². The Labute approximate surface area is 109 Å². The summed E-state index contributed by atoms with van der Waals surface area (Å²) in [5.41, 5.74) is 8.15. The molecule has 0 radical (unpaired) electrons. The molecule has 0 spiro atoms. The predicted octanol–water partition coefficient (Wildman–Crippen LogP) is 1.19. The maximum atomic E-state index is 8.73. The monoisotopic (exact) mass is 252 g/mol. The van der Waals surface area contributed by atoms with Gasteiger partial charge < -0.3 is 20.9 Å². The van der Waals surface area contributed by atoms with Gasteiger partial charge in [-0.1, -0.05) is 24.3 Å². The lowest BCUT2D eigenvalue weighted by Crippen LogP contribution is -2.29. The molecule has 0 aliphatic heterocycles. The summed E-state index contributed by atoms with van der Waals surface area (Å²) < 4.78 is 5.13. The van der Waals surface area contributed by atoms with Crippen LogP contribution in [0.3, 0.4) is 0 Å². The van der Waals surface area contributed by atoms with E-state index in [0.717, 1.165) is 24.9 Å². The van der Waals surface area contributed by atoms with Crippen molar-refractivity contribution in [3.05, 3.63) is 35.4 Å². The summed E-state index contributed by atoms with van der Waals surface area (Å²) in [4.78, 5) is 0. The van der Waals surface area contributed by atoms with E-state index in [0.29, 0.717) is 13.2 Å². The molecule has 1 aromatic rings.